The number of carbonyl (C=O) groups is 2. The Morgan fingerprint density at radius 1 is 0.815 bits per heavy atom. The molecule has 0 fully saturated rings. The van der Waals surface area contributed by atoms with Crippen LogP contribution in [-0.2, 0) is 4.79 Å². The summed E-state index contributed by atoms with van der Waals surface area (Å²) in [6.45, 7) is 0. The predicted octanol–water partition coefficient (Wildman–Crippen LogP) is 5.46. The van der Waals surface area contributed by atoms with Crippen LogP contribution in [0.4, 0.5) is 5.69 Å². The van der Waals surface area contributed by atoms with Crippen molar-refractivity contribution in [3.63, 3.8) is 0 Å². The van der Waals surface area contributed by atoms with Crippen LogP contribution in [-0.4, -0.2) is 17.0 Å². The molecule has 0 aliphatic carbocycles. The molecular formula is C21H15Cl2NO3. The minimum absolute atomic E-state index is 0.00756. The van der Waals surface area contributed by atoms with Gasteiger partial charge in [0.2, 0.25) is 5.91 Å². The molecular weight excluding hydrogens is 385 g/mol. The Morgan fingerprint density at radius 3 is 1.81 bits per heavy atom. The molecule has 0 atom stereocenters. The van der Waals surface area contributed by atoms with Gasteiger partial charge in [0.05, 0.1) is 27.2 Å². The molecule has 0 heterocycles. The molecule has 27 heavy (non-hydrogen) atoms. The number of carboxylic acids is 1. The highest BCUT2D eigenvalue weighted by Crippen LogP contribution is 2.32. The van der Waals surface area contributed by atoms with Gasteiger partial charge in [-0.3, -0.25) is 4.79 Å². The van der Waals surface area contributed by atoms with Crippen molar-refractivity contribution in [3.8, 4) is 0 Å². The lowest BCUT2D eigenvalue weighted by atomic mass is 9.90. The summed E-state index contributed by atoms with van der Waals surface area (Å²) in [7, 11) is 0. The first kappa shape index (κ1) is 19.0. The van der Waals surface area contributed by atoms with E-state index in [1.165, 1.54) is 12.1 Å². The molecule has 136 valence electrons. The Labute approximate surface area is 166 Å². The average Bonchev–Trinajstić information content (AvgIpc) is 2.65. The standard InChI is InChI=1S/C21H15Cl2NO3/c22-16-12-17(23)18(11-15(16)21(26)27)24-20(25)19(13-7-3-1-4-8-13)14-9-5-2-6-10-14/h1-12,19H,(H,24,25)(H,26,27). The highest BCUT2D eigenvalue weighted by Gasteiger charge is 2.24. The molecule has 0 aromatic heterocycles. The number of carboxylic acid groups (broad SMARTS) is 1. The average molecular weight is 400 g/mol. The van der Waals surface area contributed by atoms with Gasteiger partial charge in [-0.15, -0.1) is 0 Å². The van der Waals surface area contributed by atoms with Gasteiger partial charge in [-0.05, 0) is 23.3 Å². The molecule has 3 aromatic carbocycles. The van der Waals surface area contributed by atoms with Gasteiger partial charge in [0.25, 0.3) is 0 Å². The van der Waals surface area contributed by atoms with Gasteiger partial charge in [-0.25, -0.2) is 4.79 Å². The summed E-state index contributed by atoms with van der Waals surface area (Å²) in [4.78, 5) is 24.4. The monoisotopic (exact) mass is 399 g/mol. The van der Waals surface area contributed by atoms with Crippen LogP contribution in [0.25, 0.3) is 0 Å². The Balaban J connectivity index is 1.99. The van der Waals surface area contributed by atoms with Crippen LogP contribution in [0.1, 0.15) is 27.4 Å². The number of benzene rings is 3. The first-order valence-electron chi connectivity index (χ1n) is 8.10. The van der Waals surface area contributed by atoms with Crippen LogP contribution >= 0.6 is 23.2 Å². The molecule has 0 saturated carbocycles. The number of amides is 1. The van der Waals surface area contributed by atoms with E-state index in [2.05, 4.69) is 5.32 Å². The van der Waals surface area contributed by atoms with Crippen LogP contribution in [0, 0.1) is 0 Å². The van der Waals surface area contributed by atoms with Crippen LogP contribution in [0.3, 0.4) is 0 Å². The van der Waals surface area contributed by atoms with Gasteiger partial charge >= 0.3 is 5.97 Å². The Morgan fingerprint density at radius 2 is 1.33 bits per heavy atom. The topological polar surface area (TPSA) is 66.4 Å². The Bertz CT molecular complexity index is 936. The van der Waals surface area contributed by atoms with Gasteiger partial charge in [-0.1, -0.05) is 83.9 Å². The number of rotatable bonds is 5. The van der Waals surface area contributed by atoms with Crippen molar-refractivity contribution in [2.75, 3.05) is 5.32 Å². The summed E-state index contributed by atoms with van der Waals surface area (Å²) in [6.07, 6.45) is 0. The molecule has 3 aromatic rings. The third-order valence-corrected chi connectivity index (χ3v) is 4.70. The molecule has 6 heteroatoms. The lowest BCUT2D eigenvalue weighted by Gasteiger charge is -2.19. The fraction of sp³-hybridized carbons (Fsp3) is 0.0476. The minimum atomic E-state index is -1.20. The summed E-state index contributed by atoms with van der Waals surface area (Å²) in [5.41, 5.74) is 1.68. The first-order chi connectivity index (χ1) is 13.0. The quantitative estimate of drug-likeness (QED) is 0.598. The van der Waals surface area contributed by atoms with Crippen LogP contribution in [0.15, 0.2) is 72.8 Å². The second-order valence-corrected chi connectivity index (χ2v) is 6.68. The molecule has 0 saturated heterocycles. The number of nitrogens with one attached hydrogen (secondary N) is 1. The van der Waals surface area contributed by atoms with Gasteiger partial charge in [-0.2, -0.15) is 0 Å². The van der Waals surface area contributed by atoms with E-state index in [1.54, 1.807) is 0 Å². The predicted molar refractivity (Wildman–Crippen MR) is 107 cm³/mol. The molecule has 1 amide bonds. The van der Waals surface area contributed by atoms with E-state index in [9.17, 15) is 14.7 Å². The van der Waals surface area contributed by atoms with Crippen molar-refractivity contribution in [3.05, 3.63) is 99.5 Å². The van der Waals surface area contributed by atoms with Gasteiger partial charge in [0.1, 0.15) is 0 Å². The summed E-state index contributed by atoms with van der Waals surface area (Å²) >= 11 is 12.1. The molecule has 0 bridgehead atoms. The molecule has 0 spiro atoms. The van der Waals surface area contributed by atoms with Crippen molar-refractivity contribution in [2.24, 2.45) is 0 Å². The van der Waals surface area contributed by atoms with Crippen LogP contribution in [0.2, 0.25) is 10.0 Å². The van der Waals surface area contributed by atoms with Crippen molar-refractivity contribution < 1.29 is 14.7 Å². The molecule has 0 aliphatic heterocycles. The number of hydrogen-bond donors (Lipinski definition) is 2. The summed E-state index contributed by atoms with van der Waals surface area (Å²) in [6, 6.07) is 21.2. The number of aromatic carboxylic acids is 1. The third-order valence-electron chi connectivity index (χ3n) is 4.07. The van der Waals surface area contributed by atoms with Crippen LogP contribution in [0.5, 0.6) is 0 Å². The van der Waals surface area contributed by atoms with E-state index in [0.29, 0.717) is 0 Å². The van der Waals surface area contributed by atoms with E-state index in [4.69, 9.17) is 23.2 Å². The minimum Gasteiger partial charge on any atom is -0.478 e. The molecule has 0 radical (unpaired) electrons. The van der Waals surface area contributed by atoms with E-state index in [-0.39, 0.29) is 27.2 Å². The van der Waals surface area contributed by atoms with Gasteiger partial charge in [0.15, 0.2) is 0 Å². The van der Waals surface area contributed by atoms with E-state index in [1.807, 2.05) is 60.7 Å². The maximum absolute atomic E-state index is 13.1. The normalized spacial score (nSPS) is 10.6. The zero-order chi connectivity index (χ0) is 19.4. The Hall–Kier alpha value is -2.82. The molecule has 0 aliphatic rings. The lowest BCUT2D eigenvalue weighted by molar-refractivity contribution is -0.116. The zero-order valence-electron chi connectivity index (χ0n) is 14.0. The fourth-order valence-electron chi connectivity index (χ4n) is 2.80. The first-order valence-corrected chi connectivity index (χ1v) is 8.86. The van der Waals surface area contributed by atoms with Crippen molar-refractivity contribution in [1.29, 1.82) is 0 Å². The second kappa shape index (κ2) is 8.25. The lowest BCUT2D eigenvalue weighted by Crippen LogP contribution is -2.22. The summed E-state index contributed by atoms with van der Waals surface area (Å²) in [5.74, 6) is -2.10. The maximum Gasteiger partial charge on any atom is 0.337 e. The second-order valence-electron chi connectivity index (χ2n) is 5.86. The molecule has 3 rings (SSSR count). The molecule has 0 unspecified atom stereocenters. The zero-order valence-corrected chi connectivity index (χ0v) is 15.5. The van der Waals surface area contributed by atoms with Gasteiger partial charge in [0, 0.05) is 0 Å². The van der Waals surface area contributed by atoms with E-state index >= 15 is 0 Å². The number of halogens is 2. The number of hydrogen-bond acceptors (Lipinski definition) is 2. The smallest absolute Gasteiger partial charge is 0.337 e. The fourth-order valence-corrected chi connectivity index (χ4v) is 3.31. The highest BCUT2D eigenvalue weighted by atomic mass is 35.5. The van der Waals surface area contributed by atoms with Crippen molar-refractivity contribution in [2.45, 2.75) is 5.92 Å². The summed E-state index contributed by atoms with van der Waals surface area (Å²) < 4.78 is 0. The van der Waals surface area contributed by atoms with Crippen molar-refractivity contribution in [1.82, 2.24) is 0 Å². The third kappa shape index (κ3) is 4.30. The SMILES string of the molecule is O=C(O)c1cc(NC(=O)C(c2ccccc2)c2ccccc2)c(Cl)cc1Cl. The van der Waals surface area contributed by atoms with Crippen molar-refractivity contribution >= 4 is 40.8 Å². The molecule has 2 N–H and O–H groups in total. The summed E-state index contributed by atoms with van der Waals surface area (Å²) in [5, 5.41) is 12.1. The van der Waals surface area contributed by atoms with Crippen LogP contribution < -0.4 is 5.32 Å². The van der Waals surface area contributed by atoms with E-state index < -0.39 is 11.9 Å². The molecule has 4 nitrogen and oxygen atoms in total. The van der Waals surface area contributed by atoms with Gasteiger partial charge < -0.3 is 10.4 Å². The maximum atomic E-state index is 13.1. The Kier molecular flexibility index (Phi) is 5.79. The number of anilines is 1. The number of carbonyl (C=O) groups excluding carboxylic acids is 1. The highest BCUT2D eigenvalue weighted by molar-refractivity contribution is 6.38. The largest absolute Gasteiger partial charge is 0.478 e. The van der Waals surface area contributed by atoms with E-state index in [0.717, 1.165) is 11.1 Å².